The standard InChI is InChI=1S/C26H25N3O/c1-28(2)20-12-8-11-19(17-20)26(30)29-16-15-22-21-13-6-7-14-23(21)27-24(22)25(29)18-9-4-3-5-10-18/h3-14,17,25,27H,15-16H2,1-2H3/t25-/m1/s1. The maximum absolute atomic E-state index is 13.7. The molecule has 4 nitrogen and oxygen atoms in total. The van der Waals surface area contributed by atoms with E-state index in [4.69, 9.17) is 0 Å². The van der Waals surface area contributed by atoms with E-state index in [-0.39, 0.29) is 11.9 Å². The number of amides is 1. The van der Waals surface area contributed by atoms with E-state index >= 15 is 0 Å². The molecule has 150 valence electrons. The first-order valence-corrected chi connectivity index (χ1v) is 10.4. The molecule has 0 saturated carbocycles. The highest BCUT2D eigenvalue weighted by Crippen LogP contribution is 2.39. The van der Waals surface area contributed by atoms with Crippen molar-refractivity contribution < 1.29 is 4.79 Å². The predicted molar refractivity (Wildman–Crippen MR) is 122 cm³/mol. The first-order chi connectivity index (χ1) is 14.6. The van der Waals surface area contributed by atoms with Crippen LogP contribution in [0.15, 0.2) is 78.9 Å². The van der Waals surface area contributed by atoms with Crippen molar-refractivity contribution in [2.75, 3.05) is 25.5 Å². The minimum Gasteiger partial charge on any atom is -0.378 e. The molecular formula is C26H25N3O. The Bertz CT molecular complexity index is 1210. The van der Waals surface area contributed by atoms with Gasteiger partial charge >= 0.3 is 0 Å². The van der Waals surface area contributed by atoms with Crippen LogP contribution in [0.1, 0.15) is 33.2 Å². The van der Waals surface area contributed by atoms with E-state index in [2.05, 4.69) is 41.4 Å². The number of carbonyl (C=O) groups excluding carboxylic acids is 1. The van der Waals surface area contributed by atoms with Crippen LogP contribution in [0.5, 0.6) is 0 Å². The third kappa shape index (κ3) is 3.05. The van der Waals surface area contributed by atoms with Crippen LogP contribution in [-0.4, -0.2) is 36.4 Å². The van der Waals surface area contributed by atoms with Gasteiger partial charge in [0.15, 0.2) is 0 Å². The molecule has 1 amide bonds. The SMILES string of the molecule is CN(C)c1cccc(C(=O)N2CCc3c([nH]c4ccccc34)[C@H]2c2ccccc2)c1. The molecule has 30 heavy (non-hydrogen) atoms. The maximum atomic E-state index is 13.7. The van der Waals surface area contributed by atoms with Crippen molar-refractivity contribution in [3.63, 3.8) is 0 Å². The molecule has 0 bridgehead atoms. The summed E-state index contributed by atoms with van der Waals surface area (Å²) >= 11 is 0. The monoisotopic (exact) mass is 395 g/mol. The second-order valence-electron chi connectivity index (χ2n) is 8.07. The lowest BCUT2D eigenvalue weighted by Gasteiger charge is -2.36. The molecule has 4 heteroatoms. The molecule has 0 fully saturated rings. The van der Waals surface area contributed by atoms with Crippen molar-refractivity contribution in [2.24, 2.45) is 0 Å². The van der Waals surface area contributed by atoms with Crippen LogP contribution in [0.2, 0.25) is 0 Å². The van der Waals surface area contributed by atoms with Crippen molar-refractivity contribution in [2.45, 2.75) is 12.5 Å². The molecule has 1 aliphatic heterocycles. The Morgan fingerprint density at radius 3 is 2.53 bits per heavy atom. The smallest absolute Gasteiger partial charge is 0.254 e. The van der Waals surface area contributed by atoms with Gasteiger partial charge in [-0.2, -0.15) is 0 Å². The molecule has 2 heterocycles. The quantitative estimate of drug-likeness (QED) is 0.529. The van der Waals surface area contributed by atoms with Gasteiger partial charge in [0.05, 0.1) is 6.04 Å². The highest BCUT2D eigenvalue weighted by atomic mass is 16.2. The largest absolute Gasteiger partial charge is 0.378 e. The Morgan fingerprint density at radius 2 is 1.73 bits per heavy atom. The molecule has 1 atom stereocenters. The van der Waals surface area contributed by atoms with Crippen molar-refractivity contribution in [1.29, 1.82) is 0 Å². The number of aromatic nitrogens is 1. The highest BCUT2D eigenvalue weighted by Gasteiger charge is 2.34. The third-order valence-electron chi connectivity index (χ3n) is 6.02. The summed E-state index contributed by atoms with van der Waals surface area (Å²) in [5.74, 6) is 0.0665. The molecule has 1 aromatic heterocycles. The molecule has 0 unspecified atom stereocenters. The zero-order valence-electron chi connectivity index (χ0n) is 17.3. The Balaban J connectivity index is 1.63. The molecule has 3 aromatic carbocycles. The summed E-state index contributed by atoms with van der Waals surface area (Å²) in [4.78, 5) is 21.3. The van der Waals surface area contributed by atoms with Crippen molar-refractivity contribution in [3.8, 4) is 0 Å². The Hall–Kier alpha value is -3.53. The molecule has 5 rings (SSSR count). The number of para-hydroxylation sites is 1. The van der Waals surface area contributed by atoms with Crippen LogP contribution in [0.4, 0.5) is 5.69 Å². The second-order valence-corrected chi connectivity index (χ2v) is 8.07. The van der Waals surface area contributed by atoms with E-state index in [0.29, 0.717) is 6.54 Å². The summed E-state index contributed by atoms with van der Waals surface area (Å²) in [5, 5.41) is 1.26. The van der Waals surface area contributed by atoms with Gasteiger partial charge in [0.2, 0.25) is 0 Å². The van der Waals surface area contributed by atoms with E-state index in [1.807, 2.05) is 66.4 Å². The zero-order valence-corrected chi connectivity index (χ0v) is 17.3. The summed E-state index contributed by atoms with van der Waals surface area (Å²) in [6.07, 6.45) is 0.849. The number of fused-ring (bicyclic) bond motifs is 3. The van der Waals surface area contributed by atoms with E-state index in [0.717, 1.165) is 34.4 Å². The number of rotatable bonds is 3. The number of nitrogens with one attached hydrogen (secondary N) is 1. The van der Waals surface area contributed by atoms with E-state index in [9.17, 15) is 4.79 Å². The van der Waals surface area contributed by atoms with Crippen LogP contribution >= 0.6 is 0 Å². The molecule has 0 spiro atoms. The minimum atomic E-state index is -0.127. The lowest BCUT2D eigenvalue weighted by molar-refractivity contribution is 0.0692. The summed E-state index contributed by atoms with van der Waals surface area (Å²) in [5.41, 5.74) is 6.47. The number of nitrogens with zero attached hydrogens (tertiary/aromatic N) is 2. The van der Waals surface area contributed by atoms with Crippen LogP contribution in [0.3, 0.4) is 0 Å². The molecule has 0 radical (unpaired) electrons. The summed E-state index contributed by atoms with van der Waals surface area (Å²) in [6, 6.07) is 26.5. The van der Waals surface area contributed by atoms with Gasteiger partial charge in [-0.3, -0.25) is 4.79 Å². The minimum absolute atomic E-state index is 0.0665. The molecule has 1 N–H and O–H groups in total. The number of benzene rings is 3. The predicted octanol–water partition coefficient (Wildman–Crippen LogP) is 5.02. The average Bonchev–Trinajstić information content (AvgIpc) is 3.17. The lowest BCUT2D eigenvalue weighted by atomic mass is 9.91. The average molecular weight is 396 g/mol. The van der Waals surface area contributed by atoms with Gasteiger partial charge in [-0.25, -0.2) is 0 Å². The Morgan fingerprint density at radius 1 is 0.967 bits per heavy atom. The van der Waals surface area contributed by atoms with Crippen molar-refractivity contribution >= 4 is 22.5 Å². The fraction of sp³-hybridized carbons (Fsp3) is 0.192. The Labute approximate surface area is 176 Å². The van der Waals surface area contributed by atoms with Gasteiger partial charge in [-0.05, 0) is 41.8 Å². The van der Waals surface area contributed by atoms with Crippen LogP contribution < -0.4 is 4.90 Å². The first-order valence-electron chi connectivity index (χ1n) is 10.4. The van der Waals surface area contributed by atoms with Gasteiger partial charge < -0.3 is 14.8 Å². The van der Waals surface area contributed by atoms with Gasteiger partial charge in [0.25, 0.3) is 5.91 Å². The van der Waals surface area contributed by atoms with Gasteiger partial charge in [-0.1, -0.05) is 54.6 Å². The number of hydrogen-bond acceptors (Lipinski definition) is 2. The fourth-order valence-corrected chi connectivity index (χ4v) is 4.52. The van der Waals surface area contributed by atoms with Crippen LogP contribution in [-0.2, 0) is 6.42 Å². The topological polar surface area (TPSA) is 39.3 Å². The van der Waals surface area contributed by atoms with E-state index in [1.54, 1.807) is 0 Å². The van der Waals surface area contributed by atoms with Crippen LogP contribution in [0, 0.1) is 0 Å². The first kappa shape index (κ1) is 18.5. The summed E-state index contributed by atoms with van der Waals surface area (Å²) < 4.78 is 0. The normalized spacial score (nSPS) is 15.8. The van der Waals surface area contributed by atoms with E-state index in [1.165, 1.54) is 10.9 Å². The van der Waals surface area contributed by atoms with E-state index < -0.39 is 0 Å². The van der Waals surface area contributed by atoms with Gasteiger partial charge in [0.1, 0.15) is 0 Å². The number of carbonyl (C=O) groups is 1. The molecular weight excluding hydrogens is 370 g/mol. The molecule has 0 aliphatic carbocycles. The van der Waals surface area contributed by atoms with Crippen molar-refractivity contribution in [3.05, 3.63) is 101 Å². The molecule has 1 aliphatic rings. The maximum Gasteiger partial charge on any atom is 0.254 e. The van der Waals surface area contributed by atoms with Gasteiger partial charge in [-0.15, -0.1) is 0 Å². The summed E-state index contributed by atoms with van der Waals surface area (Å²) in [6.45, 7) is 0.694. The summed E-state index contributed by atoms with van der Waals surface area (Å²) in [7, 11) is 3.99. The Kier molecular flexibility index (Phi) is 4.55. The third-order valence-corrected chi connectivity index (χ3v) is 6.02. The fourth-order valence-electron chi connectivity index (χ4n) is 4.52. The van der Waals surface area contributed by atoms with Gasteiger partial charge in [0, 0.05) is 48.5 Å². The second kappa shape index (κ2) is 7.38. The molecule has 0 saturated heterocycles. The number of aromatic amines is 1. The highest BCUT2D eigenvalue weighted by molar-refractivity contribution is 5.96. The molecule has 4 aromatic rings. The number of anilines is 1. The zero-order chi connectivity index (χ0) is 20.7. The van der Waals surface area contributed by atoms with Crippen molar-refractivity contribution in [1.82, 2.24) is 9.88 Å². The van der Waals surface area contributed by atoms with Crippen LogP contribution in [0.25, 0.3) is 10.9 Å². The lowest BCUT2D eigenvalue weighted by Crippen LogP contribution is -2.40. The number of hydrogen-bond donors (Lipinski definition) is 1. The number of H-pyrrole nitrogens is 1.